The number of Topliss-reactive ketones (excluding diaryl/α,β-unsaturated/α-hetero) is 1. The summed E-state index contributed by atoms with van der Waals surface area (Å²) in [6.45, 7) is 3.45. The second-order valence-electron chi connectivity index (χ2n) is 3.17. The molecule has 3 nitrogen and oxygen atoms in total. The van der Waals surface area contributed by atoms with E-state index in [2.05, 4.69) is 6.92 Å². The van der Waals surface area contributed by atoms with Crippen molar-refractivity contribution in [3.8, 4) is 0 Å². The molecule has 76 valence electrons. The summed E-state index contributed by atoms with van der Waals surface area (Å²) < 4.78 is 4.70. The maximum Gasteiger partial charge on any atom is 0.306 e. The first-order valence-corrected chi connectivity index (χ1v) is 4.82. The van der Waals surface area contributed by atoms with Crippen molar-refractivity contribution < 1.29 is 14.3 Å². The topological polar surface area (TPSA) is 43.4 Å². The minimum atomic E-state index is -0.258. The predicted octanol–water partition coefficient (Wildman–Crippen LogP) is 2.09. The highest BCUT2D eigenvalue weighted by Gasteiger charge is 2.03. The molecule has 0 fully saturated rings. The predicted molar refractivity (Wildman–Crippen MR) is 50.4 cm³/mol. The first-order valence-electron chi connectivity index (χ1n) is 4.82. The van der Waals surface area contributed by atoms with Gasteiger partial charge < -0.3 is 4.74 Å². The first kappa shape index (κ1) is 12.1. The lowest BCUT2D eigenvalue weighted by atomic mass is 10.2. The van der Waals surface area contributed by atoms with Crippen LogP contribution >= 0.6 is 0 Å². The van der Waals surface area contributed by atoms with Crippen molar-refractivity contribution in [1.82, 2.24) is 0 Å². The molecule has 0 N–H and O–H groups in total. The molecule has 3 heteroatoms. The Balaban J connectivity index is 3.25. The van der Waals surface area contributed by atoms with Crippen LogP contribution in [0.2, 0.25) is 0 Å². The van der Waals surface area contributed by atoms with E-state index in [1.54, 1.807) is 0 Å². The number of hydrogen-bond acceptors (Lipinski definition) is 3. The summed E-state index contributed by atoms with van der Waals surface area (Å²) in [5, 5.41) is 0. The number of carbonyl (C=O) groups excluding carboxylic acids is 2. The Kier molecular flexibility index (Phi) is 7.26. The van der Waals surface area contributed by atoms with Crippen LogP contribution in [-0.4, -0.2) is 18.4 Å². The van der Waals surface area contributed by atoms with E-state index in [-0.39, 0.29) is 18.4 Å². The van der Waals surface area contributed by atoms with Gasteiger partial charge in [-0.15, -0.1) is 0 Å². The monoisotopic (exact) mass is 186 g/mol. The quantitative estimate of drug-likeness (QED) is 0.451. The molecule has 0 heterocycles. The molecule has 0 aliphatic rings. The SMILES string of the molecule is CCCCCCC(=O)OCC(C)=O. The van der Waals surface area contributed by atoms with E-state index in [0.717, 1.165) is 25.7 Å². The van der Waals surface area contributed by atoms with Gasteiger partial charge in [-0.25, -0.2) is 0 Å². The van der Waals surface area contributed by atoms with Gasteiger partial charge in [0.05, 0.1) is 0 Å². The lowest BCUT2D eigenvalue weighted by Gasteiger charge is -2.01. The van der Waals surface area contributed by atoms with Crippen molar-refractivity contribution in [2.24, 2.45) is 0 Å². The van der Waals surface area contributed by atoms with Crippen molar-refractivity contribution in [3.05, 3.63) is 0 Å². The van der Waals surface area contributed by atoms with Crippen LogP contribution < -0.4 is 0 Å². The molecule has 0 saturated carbocycles. The molecule has 0 aliphatic carbocycles. The Hall–Kier alpha value is -0.860. The fourth-order valence-electron chi connectivity index (χ4n) is 0.950. The molecular weight excluding hydrogens is 168 g/mol. The van der Waals surface area contributed by atoms with Crippen LogP contribution in [0.3, 0.4) is 0 Å². The average Bonchev–Trinajstić information content (AvgIpc) is 2.09. The van der Waals surface area contributed by atoms with E-state index in [9.17, 15) is 9.59 Å². The molecule has 0 amide bonds. The minimum Gasteiger partial charge on any atom is -0.458 e. The Morgan fingerprint density at radius 1 is 1.15 bits per heavy atom. The third-order valence-corrected chi connectivity index (χ3v) is 1.67. The maximum absolute atomic E-state index is 10.9. The zero-order valence-corrected chi connectivity index (χ0v) is 8.47. The fourth-order valence-corrected chi connectivity index (χ4v) is 0.950. The van der Waals surface area contributed by atoms with E-state index < -0.39 is 0 Å². The third kappa shape index (κ3) is 9.05. The molecule has 0 rings (SSSR count). The number of carbonyl (C=O) groups is 2. The van der Waals surface area contributed by atoms with Crippen LogP contribution in [-0.2, 0) is 14.3 Å². The second-order valence-corrected chi connectivity index (χ2v) is 3.17. The van der Waals surface area contributed by atoms with Gasteiger partial charge in [0, 0.05) is 6.42 Å². The van der Waals surface area contributed by atoms with Crippen molar-refractivity contribution in [2.75, 3.05) is 6.61 Å². The average molecular weight is 186 g/mol. The molecule has 0 aromatic carbocycles. The minimum absolute atomic E-state index is 0.0768. The summed E-state index contributed by atoms with van der Waals surface area (Å²) in [4.78, 5) is 21.4. The zero-order chi connectivity index (χ0) is 10.1. The summed E-state index contributed by atoms with van der Waals surface area (Å²) in [7, 11) is 0. The van der Waals surface area contributed by atoms with E-state index in [1.165, 1.54) is 6.92 Å². The number of esters is 1. The summed E-state index contributed by atoms with van der Waals surface area (Å²) >= 11 is 0. The first-order chi connectivity index (χ1) is 6.16. The zero-order valence-electron chi connectivity index (χ0n) is 8.47. The van der Waals surface area contributed by atoms with Gasteiger partial charge in [-0.3, -0.25) is 9.59 Å². The van der Waals surface area contributed by atoms with Gasteiger partial charge in [0.1, 0.15) is 6.61 Å². The van der Waals surface area contributed by atoms with Crippen LogP contribution in [0, 0.1) is 0 Å². The highest BCUT2D eigenvalue weighted by atomic mass is 16.5. The Morgan fingerprint density at radius 2 is 1.85 bits per heavy atom. The lowest BCUT2D eigenvalue weighted by molar-refractivity contribution is -0.147. The molecular formula is C10H18O3. The van der Waals surface area contributed by atoms with Crippen molar-refractivity contribution in [2.45, 2.75) is 46.0 Å². The van der Waals surface area contributed by atoms with Gasteiger partial charge in [-0.05, 0) is 13.3 Å². The lowest BCUT2D eigenvalue weighted by Crippen LogP contribution is -2.10. The summed E-state index contributed by atoms with van der Waals surface area (Å²) in [5.74, 6) is -0.367. The highest BCUT2D eigenvalue weighted by Crippen LogP contribution is 2.03. The summed E-state index contributed by atoms with van der Waals surface area (Å²) in [6, 6.07) is 0. The highest BCUT2D eigenvalue weighted by molar-refractivity contribution is 5.80. The van der Waals surface area contributed by atoms with Gasteiger partial charge in [-0.1, -0.05) is 26.2 Å². The van der Waals surface area contributed by atoms with Crippen molar-refractivity contribution in [3.63, 3.8) is 0 Å². The number of unbranched alkanes of at least 4 members (excludes halogenated alkanes) is 3. The molecule has 0 bridgehead atoms. The Labute approximate surface area is 79.5 Å². The normalized spacial score (nSPS) is 9.69. The second kappa shape index (κ2) is 7.77. The Bertz CT molecular complexity index is 164. The summed E-state index contributed by atoms with van der Waals surface area (Å²) in [5.41, 5.74) is 0. The van der Waals surface area contributed by atoms with Gasteiger partial charge in [0.2, 0.25) is 0 Å². The molecule has 0 aromatic rings. The molecule has 0 aliphatic heterocycles. The third-order valence-electron chi connectivity index (χ3n) is 1.67. The largest absolute Gasteiger partial charge is 0.458 e. The molecule has 0 spiro atoms. The van der Waals surface area contributed by atoms with Crippen molar-refractivity contribution in [1.29, 1.82) is 0 Å². The van der Waals surface area contributed by atoms with Crippen LogP contribution in [0.1, 0.15) is 46.0 Å². The van der Waals surface area contributed by atoms with Crippen LogP contribution in [0.4, 0.5) is 0 Å². The molecule has 0 radical (unpaired) electrons. The van der Waals surface area contributed by atoms with E-state index in [1.807, 2.05) is 0 Å². The van der Waals surface area contributed by atoms with Crippen LogP contribution in [0.25, 0.3) is 0 Å². The van der Waals surface area contributed by atoms with Gasteiger partial charge in [0.15, 0.2) is 5.78 Å². The molecule has 0 aromatic heterocycles. The van der Waals surface area contributed by atoms with Crippen LogP contribution in [0.15, 0.2) is 0 Å². The van der Waals surface area contributed by atoms with Gasteiger partial charge in [-0.2, -0.15) is 0 Å². The van der Waals surface area contributed by atoms with E-state index in [0.29, 0.717) is 6.42 Å². The smallest absolute Gasteiger partial charge is 0.306 e. The fraction of sp³-hybridized carbons (Fsp3) is 0.800. The van der Waals surface area contributed by atoms with E-state index in [4.69, 9.17) is 4.74 Å². The molecule has 0 unspecified atom stereocenters. The summed E-state index contributed by atoms with van der Waals surface area (Å²) in [6.07, 6.45) is 4.67. The molecule has 0 atom stereocenters. The van der Waals surface area contributed by atoms with Crippen LogP contribution in [0.5, 0.6) is 0 Å². The maximum atomic E-state index is 10.9. The van der Waals surface area contributed by atoms with Gasteiger partial charge >= 0.3 is 5.97 Å². The number of ether oxygens (including phenoxy) is 1. The van der Waals surface area contributed by atoms with Gasteiger partial charge in [0.25, 0.3) is 0 Å². The number of ketones is 1. The Morgan fingerprint density at radius 3 is 2.38 bits per heavy atom. The van der Waals surface area contributed by atoms with E-state index >= 15 is 0 Å². The molecule has 0 saturated heterocycles. The van der Waals surface area contributed by atoms with Crippen molar-refractivity contribution >= 4 is 11.8 Å². The standard InChI is InChI=1S/C10H18O3/c1-3-4-5-6-7-10(12)13-8-9(2)11/h3-8H2,1-2H3. The molecule has 13 heavy (non-hydrogen) atoms. The number of rotatable bonds is 7. The number of hydrogen-bond donors (Lipinski definition) is 0.